The zero-order chi connectivity index (χ0) is 26.1. The lowest BCUT2D eigenvalue weighted by Gasteiger charge is -2.16. The number of nitrogens with one attached hydrogen (secondary N) is 1. The second-order valence-electron chi connectivity index (χ2n) is 8.51. The first-order chi connectivity index (χ1) is 17.9. The molecule has 2 N–H and O–H groups in total. The lowest BCUT2D eigenvalue weighted by Crippen LogP contribution is -2.23. The van der Waals surface area contributed by atoms with Crippen LogP contribution in [0.3, 0.4) is 0 Å². The van der Waals surface area contributed by atoms with Crippen LogP contribution in [0.5, 0.6) is 11.5 Å². The normalized spacial score (nSPS) is 11.0. The van der Waals surface area contributed by atoms with Crippen LogP contribution in [0.25, 0.3) is 22.2 Å². The van der Waals surface area contributed by atoms with Crippen LogP contribution >= 0.6 is 11.6 Å². The number of nitriles is 1. The van der Waals surface area contributed by atoms with E-state index in [9.17, 15) is 15.2 Å². The number of nitrogens with zero attached hydrogens (tertiary/aromatic N) is 5. The molecule has 0 saturated carbocycles. The van der Waals surface area contributed by atoms with Gasteiger partial charge in [-0.1, -0.05) is 23.7 Å². The van der Waals surface area contributed by atoms with Crippen LogP contribution in [0.4, 0.5) is 0 Å². The predicted octanol–water partition coefficient (Wildman–Crippen LogP) is 4.66. The van der Waals surface area contributed by atoms with Crippen molar-refractivity contribution in [2.75, 3.05) is 0 Å². The summed E-state index contributed by atoms with van der Waals surface area (Å²) in [6.45, 7) is 3.88. The number of H-pyrrole nitrogens is 1. The van der Waals surface area contributed by atoms with Crippen molar-refractivity contribution in [3.8, 4) is 28.8 Å². The number of rotatable bonds is 6. The first-order valence-corrected chi connectivity index (χ1v) is 11.7. The number of halogens is 1. The van der Waals surface area contributed by atoms with Gasteiger partial charge in [0.15, 0.2) is 5.75 Å². The highest BCUT2D eigenvalue weighted by Gasteiger charge is 2.17. The first-order valence-electron chi connectivity index (χ1n) is 11.4. The molecule has 5 aromatic rings. The van der Waals surface area contributed by atoms with Gasteiger partial charge in [-0.25, -0.2) is 4.98 Å². The second-order valence-corrected chi connectivity index (χ2v) is 8.92. The number of aromatic hydroxyl groups is 1. The molecule has 5 rings (SSSR count). The van der Waals surface area contributed by atoms with Crippen LogP contribution in [0.15, 0.2) is 59.7 Å². The number of benzene rings is 1. The Morgan fingerprint density at radius 1 is 1.16 bits per heavy atom. The Bertz CT molecular complexity index is 1750. The summed E-state index contributed by atoms with van der Waals surface area (Å²) in [5, 5.41) is 27.5. The number of aromatic nitrogens is 5. The molecule has 9 nitrogen and oxygen atoms in total. The van der Waals surface area contributed by atoms with Gasteiger partial charge in [0.1, 0.15) is 35.2 Å². The molecule has 0 saturated heterocycles. The minimum Gasteiger partial charge on any atom is -0.504 e. The third-order valence-corrected chi connectivity index (χ3v) is 6.26. The minimum absolute atomic E-state index is 0.0380. The number of fused-ring (bicyclic) bond motifs is 1. The average Bonchev–Trinajstić information content (AvgIpc) is 3.30. The second kappa shape index (κ2) is 9.76. The van der Waals surface area contributed by atoms with Gasteiger partial charge < -0.3 is 14.4 Å². The number of para-hydroxylation sites is 1. The predicted molar refractivity (Wildman–Crippen MR) is 139 cm³/mol. The summed E-state index contributed by atoms with van der Waals surface area (Å²) in [4.78, 5) is 21.9. The fourth-order valence-corrected chi connectivity index (χ4v) is 4.53. The molecule has 0 aliphatic rings. The molecule has 184 valence electrons. The van der Waals surface area contributed by atoms with Gasteiger partial charge in [0.25, 0.3) is 5.56 Å². The molecule has 0 fully saturated rings. The molecule has 0 aliphatic heterocycles. The van der Waals surface area contributed by atoms with Crippen molar-refractivity contribution in [3.05, 3.63) is 98.4 Å². The maximum absolute atomic E-state index is 12.6. The fourth-order valence-electron chi connectivity index (χ4n) is 4.21. The number of pyridine rings is 3. The maximum Gasteiger partial charge on any atom is 0.268 e. The van der Waals surface area contributed by atoms with E-state index in [0.29, 0.717) is 38.9 Å². The summed E-state index contributed by atoms with van der Waals surface area (Å²) in [7, 11) is 0. The SMILES string of the molecule is Cc1cc(Cl)c(COc2cccc3c(-c4n[nH]cc4O)cc(C)nc23)c(Cn2cccc(C#N)c2=O)n1. The van der Waals surface area contributed by atoms with E-state index in [0.717, 1.165) is 16.6 Å². The van der Waals surface area contributed by atoms with Gasteiger partial charge in [0.2, 0.25) is 0 Å². The highest BCUT2D eigenvalue weighted by Crippen LogP contribution is 2.36. The van der Waals surface area contributed by atoms with E-state index >= 15 is 0 Å². The molecule has 0 bridgehead atoms. The van der Waals surface area contributed by atoms with Crippen LogP contribution in [-0.2, 0) is 13.2 Å². The Morgan fingerprint density at radius 3 is 2.73 bits per heavy atom. The zero-order valence-electron chi connectivity index (χ0n) is 20.0. The summed E-state index contributed by atoms with van der Waals surface area (Å²) in [6, 6.07) is 14.2. The van der Waals surface area contributed by atoms with Crippen molar-refractivity contribution in [2.45, 2.75) is 27.0 Å². The molecule has 10 heteroatoms. The topological polar surface area (TPSA) is 130 Å². The van der Waals surface area contributed by atoms with Crippen LogP contribution < -0.4 is 10.3 Å². The lowest BCUT2D eigenvalue weighted by molar-refractivity contribution is 0.307. The summed E-state index contributed by atoms with van der Waals surface area (Å²) in [6.07, 6.45) is 3.03. The van der Waals surface area contributed by atoms with E-state index in [1.807, 2.05) is 38.1 Å². The molecule has 0 unspecified atom stereocenters. The van der Waals surface area contributed by atoms with E-state index in [1.165, 1.54) is 16.8 Å². The Morgan fingerprint density at radius 2 is 1.97 bits per heavy atom. The summed E-state index contributed by atoms with van der Waals surface area (Å²) in [5.74, 6) is 0.555. The van der Waals surface area contributed by atoms with E-state index in [4.69, 9.17) is 16.3 Å². The largest absolute Gasteiger partial charge is 0.504 e. The smallest absolute Gasteiger partial charge is 0.268 e. The quantitative estimate of drug-likeness (QED) is 0.338. The van der Waals surface area contributed by atoms with E-state index in [-0.39, 0.29) is 24.5 Å². The van der Waals surface area contributed by atoms with Crippen molar-refractivity contribution in [1.29, 1.82) is 5.26 Å². The standard InChI is InChI=1S/C27H21ClN6O3/c1-15-9-19(25-23(35)12-30-33-25)18-6-3-7-24(26(18)32-15)37-14-20-21(28)10-16(2)31-22(20)13-34-8-4-5-17(11-29)27(34)36/h3-10,12,35H,13-14H2,1-2H3,(H,30,33). The number of hydrogen-bond acceptors (Lipinski definition) is 7. The van der Waals surface area contributed by atoms with Crippen LogP contribution in [0.2, 0.25) is 5.02 Å². The van der Waals surface area contributed by atoms with E-state index in [2.05, 4.69) is 20.2 Å². The molecule has 4 heterocycles. The van der Waals surface area contributed by atoms with Crippen molar-refractivity contribution in [3.63, 3.8) is 0 Å². The molecule has 1 aromatic carbocycles. The van der Waals surface area contributed by atoms with Gasteiger partial charge in [0, 0.05) is 34.1 Å². The molecule has 0 aliphatic carbocycles. The molecule has 37 heavy (non-hydrogen) atoms. The van der Waals surface area contributed by atoms with Crippen LogP contribution in [0, 0.1) is 25.2 Å². The summed E-state index contributed by atoms with van der Waals surface area (Å²) in [5.41, 5.74) is 4.01. The van der Waals surface area contributed by atoms with Crippen molar-refractivity contribution >= 4 is 22.5 Å². The number of aromatic amines is 1. The lowest BCUT2D eigenvalue weighted by atomic mass is 10.0. The molecule has 0 amide bonds. The number of aryl methyl sites for hydroxylation is 2. The van der Waals surface area contributed by atoms with E-state index in [1.54, 1.807) is 24.4 Å². The van der Waals surface area contributed by atoms with Gasteiger partial charge in [-0.2, -0.15) is 10.4 Å². The van der Waals surface area contributed by atoms with Crippen molar-refractivity contribution < 1.29 is 9.84 Å². The molecule has 0 atom stereocenters. The Hall–Kier alpha value is -4.68. The molecular formula is C27H21ClN6O3. The van der Waals surface area contributed by atoms with Gasteiger partial charge in [-0.3, -0.25) is 14.9 Å². The highest BCUT2D eigenvalue weighted by atomic mass is 35.5. The fraction of sp³-hybridized carbons (Fsp3) is 0.148. The number of hydrogen-bond donors (Lipinski definition) is 2. The molecular weight excluding hydrogens is 492 g/mol. The summed E-state index contributed by atoms with van der Waals surface area (Å²) < 4.78 is 7.64. The first kappa shape index (κ1) is 24.0. The third-order valence-electron chi connectivity index (χ3n) is 5.92. The van der Waals surface area contributed by atoms with Crippen LogP contribution in [0.1, 0.15) is 28.2 Å². The van der Waals surface area contributed by atoms with Crippen molar-refractivity contribution in [1.82, 2.24) is 24.7 Å². The summed E-state index contributed by atoms with van der Waals surface area (Å²) >= 11 is 6.60. The van der Waals surface area contributed by atoms with Gasteiger partial charge in [-0.05, 0) is 44.2 Å². The molecule has 0 radical (unpaired) electrons. The van der Waals surface area contributed by atoms with Gasteiger partial charge in [0.05, 0.1) is 23.5 Å². The average molecular weight is 513 g/mol. The number of ether oxygens (including phenoxy) is 1. The van der Waals surface area contributed by atoms with Gasteiger partial charge in [-0.15, -0.1) is 0 Å². The van der Waals surface area contributed by atoms with Crippen molar-refractivity contribution in [2.24, 2.45) is 0 Å². The highest BCUT2D eigenvalue weighted by molar-refractivity contribution is 6.31. The van der Waals surface area contributed by atoms with Crippen LogP contribution in [-0.4, -0.2) is 29.8 Å². The molecule has 0 spiro atoms. The van der Waals surface area contributed by atoms with Gasteiger partial charge >= 0.3 is 0 Å². The van der Waals surface area contributed by atoms with E-state index < -0.39 is 5.56 Å². The Labute approximate surface area is 216 Å². The molecule has 4 aromatic heterocycles. The monoisotopic (exact) mass is 512 g/mol. The Balaban J connectivity index is 1.53. The zero-order valence-corrected chi connectivity index (χ0v) is 20.7. The maximum atomic E-state index is 12.6. The minimum atomic E-state index is -0.404. The third kappa shape index (κ3) is 4.62. The Kier molecular flexibility index (Phi) is 6.34.